The average Bonchev–Trinajstić information content (AvgIpc) is 3.02. The van der Waals surface area contributed by atoms with Crippen molar-refractivity contribution in [1.82, 2.24) is 5.32 Å². The molecule has 1 heterocycles. The predicted octanol–water partition coefficient (Wildman–Crippen LogP) is 6.43. The third-order valence-electron chi connectivity index (χ3n) is 4.54. The Labute approximate surface area is 197 Å². The maximum Gasteiger partial charge on any atom is 0.333 e. The van der Waals surface area contributed by atoms with Crippen LogP contribution in [0.4, 0.5) is 10.5 Å². The lowest BCUT2D eigenvalue weighted by molar-refractivity contribution is -0.113. The Balaban J connectivity index is 1.49. The second-order valence-corrected chi connectivity index (χ2v) is 8.44. The van der Waals surface area contributed by atoms with E-state index in [1.54, 1.807) is 42.5 Å². The molecular weight excluding hydrogens is 503 g/mol. The van der Waals surface area contributed by atoms with Gasteiger partial charge in [0.2, 0.25) is 0 Å². The van der Waals surface area contributed by atoms with E-state index in [4.69, 9.17) is 27.9 Å². The van der Waals surface area contributed by atoms with Gasteiger partial charge in [0.05, 0.1) is 10.2 Å². The van der Waals surface area contributed by atoms with Gasteiger partial charge in [-0.2, -0.15) is 0 Å². The summed E-state index contributed by atoms with van der Waals surface area (Å²) >= 11 is 15.3. The summed E-state index contributed by atoms with van der Waals surface area (Å²) < 4.78 is 6.57. The molecular formula is C23H15BrCl2N2O3. The van der Waals surface area contributed by atoms with Crippen LogP contribution in [0.3, 0.4) is 0 Å². The summed E-state index contributed by atoms with van der Waals surface area (Å²) in [5.41, 5.74) is 2.35. The largest absolute Gasteiger partial charge is 0.488 e. The van der Waals surface area contributed by atoms with Crippen molar-refractivity contribution in [3.63, 3.8) is 0 Å². The lowest BCUT2D eigenvalue weighted by atomic mass is 10.1. The van der Waals surface area contributed by atoms with Gasteiger partial charge < -0.3 is 10.1 Å². The van der Waals surface area contributed by atoms with Crippen LogP contribution in [-0.2, 0) is 11.4 Å². The Bertz CT molecular complexity index is 1180. The Morgan fingerprint density at radius 2 is 1.58 bits per heavy atom. The lowest BCUT2D eigenvalue weighted by Gasteiger charge is -2.11. The number of nitrogens with zero attached hydrogens (tertiary/aromatic N) is 1. The van der Waals surface area contributed by atoms with Gasteiger partial charge in [-0.15, -0.1) is 0 Å². The highest BCUT2D eigenvalue weighted by molar-refractivity contribution is 9.10. The third kappa shape index (κ3) is 4.93. The number of carbonyl (C=O) groups is 2. The zero-order chi connectivity index (χ0) is 22.0. The molecule has 0 spiro atoms. The predicted molar refractivity (Wildman–Crippen MR) is 125 cm³/mol. The number of urea groups is 1. The van der Waals surface area contributed by atoms with E-state index in [2.05, 4.69) is 21.2 Å². The molecule has 0 bridgehead atoms. The number of amides is 3. The summed E-state index contributed by atoms with van der Waals surface area (Å²) in [6.07, 6.45) is 1.61. The smallest absolute Gasteiger partial charge is 0.333 e. The van der Waals surface area contributed by atoms with Crippen molar-refractivity contribution in [3.8, 4) is 5.75 Å². The molecule has 0 unspecified atom stereocenters. The van der Waals surface area contributed by atoms with Crippen molar-refractivity contribution in [1.29, 1.82) is 0 Å². The number of rotatable bonds is 5. The maximum atomic E-state index is 12.7. The standard InChI is InChI=1S/C23H15BrCl2N2O3/c24-19-11-15(3-10-21(19)31-13-14-1-4-16(25)5-2-14)12-20-22(29)28(23(30)27-20)18-8-6-17(26)7-9-18/h1-12H,13H2,(H,27,30)/b20-12+. The summed E-state index contributed by atoms with van der Waals surface area (Å²) in [6.45, 7) is 0.390. The van der Waals surface area contributed by atoms with Crippen LogP contribution in [-0.4, -0.2) is 11.9 Å². The van der Waals surface area contributed by atoms with E-state index in [9.17, 15) is 9.59 Å². The number of benzene rings is 3. The SMILES string of the molecule is O=C1N/C(=C/c2ccc(OCc3ccc(Cl)cc3)c(Br)c2)C(=O)N1c1ccc(Cl)cc1. The number of anilines is 1. The molecule has 0 atom stereocenters. The van der Waals surface area contributed by atoms with Crippen LogP contribution < -0.4 is 15.0 Å². The zero-order valence-corrected chi connectivity index (χ0v) is 19.0. The Morgan fingerprint density at radius 1 is 0.935 bits per heavy atom. The molecule has 3 aromatic carbocycles. The average molecular weight is 518 g/mol. The van der Waals surface area contributed by atoms with Crippen LogP contribution in [0.25, 0.3) is 6.08 Å². The molecule has 1 aliphatic rings. The minimum absolute atomic E-state index is 0.182. The highest BCUT2D eigenvalue weighted by Gasteiger charge is 2.34. The van der Waals surface area contributed by atoms with Gasteiger partial charge in [-0.05, 0) is 81.7 Å². The van der Waals surface area contributed by atoms with Crippen molar-refractivity contribution in [2.24, 2.45) is 0 Å². The first-order valence-electron chi connectivity index (χ1n) is 9.20. The Hall–Kier alpha value is -2.80. The van der Waals surface area contributed by atoms with Crippen molar-refractivity contribution in [2.75, 3.05) is 4.90 Å². The topological polar surface area (TPSA) is 58.6 Å². The summed E-state index contributed by atoms with van der Waals surface area (Å²) in [5, 5.41) is 3.80. The monoisotopic (exact) mass is 516 g/mol. The zero-order valence-electron chi connectivity index (χ0n) is 15.9. The van der Waals surface area contributed by atoms with E-state index in [1.807, 2.05) is 30.3 Å². The second kappa shape index (κ2) is 9.14. The van der Waals surface area contributed by atoms with E-state index < -0.39 is 11.9 Å². The summed E-state index contributed by atoms with van der Waals surface area (Å²) in [7, 11) is 0. The first-order chi connectivity index (χ1) is 14.9. The maximum absolute atomic E-state index is 12.7. The molecule has 0 aromatic heterocycles. The van der Waals surface area contributed by atoms with Crippen LogP contribution in [0, 0.1) is 0 Å². The van der Waals surface area contributed by atoms with Gasteiger partial charge in [0.15, 0.2) is 0 Å². The highest BCUT2D eigenvalue weighted by atomic mass is 79.9. The fraction of sp³-hybridized carbons (Fsp3) is 0.0435. The van der Waals surface area contributed by atoms with Gasteiger partial charge in [-0.25, -0.2) is 9.69 Å². The van der Waals surface area contributed by atoms with E-state index in [0.29, 0.717) is 28.1 Å². The Kier molecular flexibility index (Phi) is 6.32. The minimum Gasteiger partial charge on any atom is -0.488 e. The molecule has 1 fully saturated rings. The molecule has 5 nitrogen and oxygen atoms in total. The molecule has 3 aromatic rings. The van der Waals surface area contributed by atoms with Crippen molar-refractivity contribution in [2.45, 2.75) is 6.61 Å². The lowest BCUT2D eigenvalue weighted by Crippen LogP contribution is -2.30. The number of hydrogen-bond acceptors (Lipinski definition) is 3. The Morgan fingerprint density at radius 3 is 2.23 bits per heavy atom. The normalized spacial score (nSPS) is 14.8. The summed E-state index contributed by atoms with van der Waals surface area (Å²) in [4.78, 5) is 26.1. The number of halogens is 3. The molecule has 0 saturated carbocycles. The number of ether oxygens (including phenoxy) is 1. The van der Waals surface area contributed by atoms with Gasteiger partial charge >= 0.3 is 6.03 Å². The number of hydrogen-bond donors (Lipinski definition) is 1. The highest BCUT2D eigenvalue weighted by Crippen LogP contribution is 2.29. The van der Waals surface area contributed by atoms with Crippen LogP contribution in [0.1, 0.15) is 11.1 Å². The van der Waals surface area contributed by atoms with Gasteiger partial charge in [-0.1, -0.05) is 41.4 Å². The first-order valence-corrected chi connectivity index (χ1v) is 10.7. The number of carbonyl (C=O) groups excluding carboxylic acids is 2. The van der Waals surface area contributed by atoms with Gasteiger partial charge in [0.25, 0.3) is 5.91 Å². The molecule has 3 amide bonds. The molecule has 31 heavy (non-hydrogen) atoms. The van der Waals surface area contributed by atoms with E-state index >= 15 is 0 Å². The van der Waals surface area contributed by atoms with Crippen molar-refractivity contribution in [3.05, 3.63) is 98.1 Å². The van der Waals surface area contributed by atoms with Crippen LogP contribution >= 0.6 is 39.1 Å². The van der Waals surface area contributed by atoms with Gasteiger partial charge in [-0.3, -0.25) is 4.79 Å². The minimum atomic E-state index is -0.513. The third-order valence-corrected chi connectivity index (χ3v) is 5.66. The van der Waals surface area contributed by atoms with Crippen molar-refractivity contribution < 1.29 is 14.3 Å². The van der Waals surface area contributed by atoms with Crippen LogP contribution in [0.5, 0.6) is 5.75 Å². The fourth-order valence-electron chi connectivity index (χ4n) is 2.99. The molecule has 1 aliphatic heterocycles. The first kappa shape index (κ1) is 21.4. The van der Waals surface area contributed by atoms with Gasteiger partial charge in [0, 0.05) is 10.0 Å². The molecule has 0 radical (unpaired) electrons. The summed E-state index contributed by atoms with van der Waals surface area (Å²) in [5.74, 6) is 0.216. The molecule has 8 heteroatoms. The van der Waals surface area contributed by atoms with Crippen LogP contribution in [0.2, 0.25) is 10.0 Å². The molecule has 0 aliphatic carbocycles. The second-order valence-electron chi connectivity index (χ2n) is 6.71. The van der Waals surface area contributed by atoms with E-state index in [-0.39, 0.29) is 5.70 Å². The summed E-state index contributed by atoms with van der Waals surface area (Å²) in [6, 6.07) is 18.8. The van der Waals surface area contributed by atoms with Crippen molar-refractivity contribution >= 4 is 62.8 Å². The van der Waals surface area contributed by atoms with Crippen LogP contribution in [0.15, 0.2) is 76.9 Å². The molecule has 1 saturated heterocycles. The fourth-order valence-corrected chi connectivity index (χ4v) is 3.75. The van der Waals surface area contributed by atoms with Gasteiger partial charge in [0.1, 0.15) is 18.1 Å². The number of nitrogens with one attached hydrogen (secondary N) is 1. The molecule has 4 rings (SSSR count). The van der Waals surface area contributed by atoms with E-state index in [0.717, 1.165) is 20.5 Å². The molecule has 156 valence electrons. The quantitative estimate of drug-likeness (QED) is 0.313. The molecule has 1 N–H and O–H groups in total. The van der Waals surface area contributed by atoms with E-state index in [1.165, 1.54) is 0 Å². The number of imide groups is 1.